The van der Waals surface area contributed by atoms with E-state index in [0.717, 1.165) is 5.69 Å². The highest BCUT2D eigenvalue weighted by atomic mass is 16.5. The molecule has 98 valence electrons. The summed E-state index contributed by atoms with van der Waals surface area (Å²) in [5, 5.41) is 6.10. The zero-order valence-electron chi connectivity index (χ0n) is 11.1. The Hall–Kier alpha value is -1.55. The normalized spacial score (nSPS) is 15.3. The zero-order chi connectivity index (χ0) is 13.1. The summed E-state index contributed by atoms with van der Waals surface area (Å²) in [7, 11) is 0. The van der Waals surface area contributed by atoms with Gasteiger partial charge in [0.15, 0.2) is 0 Å². The molecular weight excluding hydrogens is 228 g/mol. The number of fused-ring (bicyclic) bond motifs is 1. The average molecular weight is 248 g/mol. The Morgan fingerprint density at radius 1 is 1.22 bits per heavy atom. The van der Waals surface area contributed by atoms with E-state index in [1.165, 1.54) is 11.1 Å². The molecule has 0 radical (unpaired) electrons. The third-order valence-corrected chi connectivity index (χ3v) is 2.93. The first-order valence-corrected chi connectivity index (χ1v) is 6.32. The Kier molecular flexibility index (Phi) is 3.87. The van der Waals surface area contributed by atoms with E-state index in [2.05, 4.69) is 22.8 Å². The molecule has 0 bridgehead atoms. The molecule has 1 amide bonds. The summed E-state index contributed by atoms with van der Waals surface area (Å²) in [5.74, 6) is 0.0155. The molecule has 0 aliphatic carbocycles. The third kappa shape index (κ3) is 3.01. The van der Waals surface area contributed by atoms with Crippen LogP contribution in [0.3, 0.4) is 0 Å². The number of carbonyl (C=O) groups excluding carboxylic acids is 1. The van der Waals surface area contributed by atoms with Crippen LogP contribution in [-0.4, -0.2) is 18.0 Å². The van der Waals surface area contributed by atoms with Gasteiger partial charge in [-0.15, -0.1) is 0 Å². The molecule has 4 nitrogen and oxygen atoms in total. The predicted molar refractivity (Wildman–Crippen MR) is 71.3 cm³/mol. The third-order valence-electron chi connectivity index (χ3n) is 2.93. The number of anilines is 1. The monoisotopic (exact) mass is 248 g/mol. The summed E-state index contributed by atoms with van der Waals surface area (Å²) in [4.78, 5) is 11.8. The number of rotatable bonds is 4. The maximum atomic E-state index is 11.8. The fraction of sp³-hybridized carbons (Fsp3) is 0.500. The molecule has 2 N–H and O–H groups in total. The molecule has 1 heterocycles. The molecule has 0 saturated heterocycles. The lowest BCUT2D eigenvalue weighted by molar-refractivity contribution is -0.122. The highest BCUT2D eigenvalue weighted by Crippen LogP contribution is 2.23. The Balaban J connectivity index is 1.99. The Morgan fingerprint density at radius 2 is 1.94 bits per heavy atom. The first kappa shape index (κ1) is 12.9. The van der Waals surface area contributed by atoms with Crippen molar-refractivity contribution in [2.24, 2.45) is 0 Å². The number of amides is 1. The number of hydrogen-bond acceptors (Lipinski definition) is 3. The van der Waals surface area contributed by atoms with Crippen LogP contribution in [0.25, 0.3) is 0 Å². The molecule has 1 aromatic rings. The van der Waals surface area contributed by atoms with Crippen LogP contribution in [0.5, 0.6) is 0 Å². The Labute approximate surface area is 108 Å². The number of ether oxygens (including phenoxy) is 1. The molecule has 2 rings (SSSR count). The molecule has 1 aliphatic rings. The van der Waals surface area contributed by atoms with Crippen molar-refractivity contribution >= 4 is 11.6 Å². The minimum atomic E-state index is -0.243. The largest absolute Gasteiger partial charge is 0.374 e. The number of hydrogen-bond donors (Lipinski definition) is 2. The fourth-order valence-corrected chi connectivity index (χ4v) is 1.99. The van der Waals surface area contributed by atoms with Crippen LogP contribution in [-0.2, 0) is 22.7 Å². The maximum Gasteiger partial charge on any atom is 0.242 e. The highest BCUT2D eigenvalue weighted by molar-refractivity contribution is 5.84. The SMILES string of the molecule is CC(C)NC(=O)C(C)Nc1ccc2c(c1)COC2. The number of benzene rings is 1. The van der Waals surface area contributed by atoms with Crippen LogP contribution in [0.1, 0.15) is 31.9 Å². The van der Waals surface area contributed by atoms with Gasteiger partial charge in [-0.25, -0.2) is 0 Å². The predicted octanol–water partition coefficient (Wildman–Crippen LogP) is 2.04. The van der Waals surface area contributed by atoms with Crippen LogP contribution < -0.4 is 10.6 Å². The van der Waals surface area contributed by atoms with Gasteiger partial charge in [-0.3, -0.25) is 4.79 Å². The van der Waals surface area contributed by atoms with Gasteiger partial charge in [0.05, 0.1) is 13.2 Å². The second-order valence-corrected chi connectivity index (χ2v) is 5.01. The average Bonchev–Trinajstić information content (AvgIpc) is 2.75. The van der Waals surface area contributed by atoms with Crippen molar-refractivity contribution in [1.82, 2.24) is 5.32 Å². The highest BCUT2D eigenvalue weighted by Gasteiger charge is 2.15. The minimum absolute atomic E-state index is 0.0155. The van der Waals surface area contributed by atoms with Crippen molar-refractivity contribution in [3.63, 3.8) is 0 Å². The van der Waals surface area contributed by atoms with Gasteiger partial charge in [0.25, 0.3) is 0 Å². The smallest absolute Gasteiger partial charge is 0.242 e. The van der Waals surface area contributed by atoms with Gasteiger partial charge in [0.1, 0.15) is 6.04 Å². The summed E-state index contributed by atoms with van der Waals surface area (Å²) >= 11 is 0. The van der Waals surface area contributed by atoms with Gasteiger partial charge in [-0.1, -0.05) is 6.07 Å². The molecule has 0 fully saturated rings. The zero-order valence-corrected chi connectivity index (χ0v) is 11.1. The van der Waals surface area contributed by atoms with Crippen LogP contribution in [0.4, 0.5) is 5.69 Å². The van der Waals surface area contributed by atoms with Gasteiger partial charge < -0.3 is 15.4 Å². The van der Waals surface area contributed by atoms with Crippen molar-refractivity contribution in [3.8, 4) is 0 Å². The van der Waals surface area contributed by atoms with Crippen molar-refractivity contribution in [1.29, 1.82) is 0 Å². The molecule has 0 saturated carbocycles. The lowest BCUT2D eigenvalue weighted by Crippen LogP contribution is -2.40. The van der Waals surface area contributed by atoms with Gasteiger partial charge in [0.2, 0.25) is 5.91 Å². The summed E-state index contributed by atoms with van der Waals surface area (Å²) < 4.78 is 5.37. The summed E-state index contributed by atoms with van der Waals surface area (Å²) in [6, 6.07) is 6.02. The molecule has 1 aromatic carbocycles. The first-order valence-electron chi connectivity index (χ1n) is 6.32. The van der Waals surface area contributed by atoms with Gasteiger partial charge >= 0.3 is 0 Å². The second-order valence-electron chi connectivity index (χ2n) is 5.01. The molecule has 1 atom stereocenters. The minimum Gasteiger partial charge on any atom is -0.374 e. The van der Waals surface area contributed by atoms with E-state index in [9.17, 15) is 4.79 Å². The quantitative estimate of drug-likeness (QED) is 0.857. The van der Waals surface area contributed by atoms with Gasteiger partial charge in [-0.05, 0) is 44.0 Å². The van der Waals surface area contributed by atoms with Crippen LogP contribution in [0, 0.1) is 0 Å². The standard InChI is InChI=1S/C14H20N2O2/c1-9(2)15-14(17)10(3)16-13-5-4-11-7-18-8-12(11)6-13/h4-6,9-10,16H,7-8H2,1-3H3,(H,15,17). The van der Waals surface area contributed by atoms with E-state index in [-0.39, 0.29) is 18.0 Å². The van der Waals surface area contributed by atoms with E-state index in [0.29, 0.717) is 13.2 Å². The van der Waals surface area contributed by atoms with E-state index >= 15 is 0 Å². The molecule has 18 heavy (non-hydrogen) atoms. The lowest BCUT2D eigenvalue weighted by Gasteiger charge is -2.17. The Morgan fingerprint density at radius 3 is 2.67 bits per heavy atom. The van der Waals surface area contributed by atoms with E-state index in [4.69, 9.17) is 4.74 Å². The van der Waals surface area contributed by atoms with Crippen LogP contribution in [0.2, 0.25) is 0 Å². The summed E-state index contributed by atoms with van der Waals surface area (Å²) in [6.07, 6.45) is 0. The molecule has 1 aliphatic heterocycles. The van der Waals surface area contributed by atoms with E-state index < -0.39 is 0 Å². The number of carbonyl (C=O) groups is 1. The van der Waals surface area contributed by atoms with Crippen molar-refractivity contribution in [2.45, 2.75) is 46.1 Å². The topological polar surface area (TPSA) is 50.4 Å². The number of nitrogens with one attached hydrogen (secondary N) is 2. The first-order chi connectivity index (χ1) is 8.56. The van der Waals surface area contributed by atoms with Crippen molar-refractivity contribution in [2.75, 3.05) is 5.32 Å². The molecule has 0 aromatic heterocycles. The van der Waals surface area contributed by atoms with Crippen molar-refractivity contribution < 1.29 is 9.53 Å². The lowest BCUT2D eigenvalue weighted by atomic mass is 10.1. The fourth-order valence-electron chi connectivity index (χ4n) is 1.99. The van der Waals surface area contributed by atoms with Crippen LogP contribution in [0.15, 0.2) is 18.2 Å². The van der Waals surface area contributed by atoms with Crippen LogP contribution >= 0.6 is 0 Å². The molecule has 1 unspecified atom stereocenters. The summed E-state index contributed by atoms with van der Waals surface area (Å²) in [5.41, 5.74) is 3.40. The van der Waals surface area contributed by atoms with Crippen molar-refractivity contribution in [3.05, 3.63) is 29.3 Å². The molecule has 4 heteroatoms. The van der Waals surface area contributed by atoms with E-state index in [1.54, 1.807) is 0 Å². The van der Waals surface area contributed by atoms with Gasteiger partial charge in [0, 0.05) is 11.7 Å². The maximum absolute atomic E-state index is 11.8. The second kappa shape index (κ2) is 5.40. The van der Waals surface area contributed by atoms with Gasteiger partial charge in [-0.2, -0.15) is 0 Å². The Bertz CT molecular complexity index is 443. The molecule has 0 spiro atoms. The summed E-state index contributed by atoms with van der Waals surface area (Å²) in [6.45, 7) is 7.13. The van der Waals surface area contributed by atoms with E-state index in [1.807, 2.05) is 26.8 Å². The molecular formula is C14H20N2O2.